The van der Waals surface area contributed by atoms with Crippen LogP contribution in [0.15, 0.2) is 18.2 Å². The maximum Gasteiger partial charge on any atom is 0.321 e. The molecule has 0 radical (unpaired) electrons. The van der Waals surface area contributed by atoms with Crippen molar-refractivity contribution in [3.8, 4) is 5.75 Å². The molecule has 0 saturated heterocycles. The lowest BCUT2D eigenvalue weighted by molar-refractivity contribution is 0.117. The molecule has 22 heavy (non-hydrogen) atoms. The van der Waals surface area contributed by atoms with E-state index in [2.05, 4.69) is 12.2 Å². The van der Waals surface area contributed by atoms with E-state index >= 15 is 0 Å². The first-order valence-electron chi connectivity index (χ1n) is 7.95. The standard InChI is InChI=1S/C17H26N2O3/c1-4-9-22-14-7-8-15(12(2)10-14)18-17(21)19(3)11-16(20)13-5-6-13/h7-8,10,13,16,20H,4-6,9,11H2,1-3H3,(H,18,21). The summed E-state index contributed by atoms with van der Waals surface area (Å²) in [7, 11) is 1.70. The summed E-state index contributed by atoms with van der Waals surface area (Å²) in [6, 6.07) is 5.43. The summed E-state index contributed by atoms with van der Waals surface area (Å²) in [5, 5.41) is 12.8. The Morgan fingerprint density at radius 2 is 2.23 bits per heavy atom. The summed E-state index contributed by atoms with van der Waals surface area (Å²) in [6.45, 7) is 5.06. The molecule has 2 amide bonds. The Bertz CT molecular complexity index is 515. The third-order valence-electron chi connectivity index (χ3n) is 3.89. The van der Waals surface area contributed by atoms with E-state index in [-0.39, 0.29) is 6.03 Å². The van der Waals surface area contributed by atoms with Crippen LogP contribution in [0.1, 0.15) is 31.7 Å². The van der Waals surface area contributed by atoms with Crippen molar-refractivity contribution in [1.29, 1.82) is 0 Å². The number of anilines is 1. The molecule has 0 aliphatic heterocycles. The Morgan fingerprint density at radius 3 is 2.82 bits per heavy atom. The zero-order chi connectivity index (χ0) is 16.1. The van der Waals surface area contributed by atoms with Crippen molar-refractivity contribution < 1.29 is 14.6 Å². The van der Waals surface area contributed by atoms with Crippen molar-refractivity contribution in [1.82, 2.24) is 4.90 Å². The van der Waals surface area contributed by atoms with Gasteiger partial charge < -0.3 is 20.1 Å². The third-order valence-corrected chi connectivity index (χ3v) is 3.89. The molecule has 0 heterocycles. The number of urea groups is 1. The van der Waals surface area contributed by atoms with Crippen LogP contribution >= 0.6 is 0 Å². The molecule has 1 saturated carbocycles. The van der Waals surface area contributed by atoms with Crippen LogP contribution in [0.5, 0.6) is 5.75 Å². The van der Waals surface area contributed by atoms with Gasteiger partial charge in [0.1, 0.15) is 5.75 Å². The Labute approximate surface area is 132 Å². The van der Waals surface area contributed by atoms with Gasteiger partial charge in [-0.2, -0.15) is 0 Å². The van der Waals surface area contributed by atoms with Crippen LogP contribution in [0.3, 0.4) is 0 Å². The second-order valence-corrected chi connectivity index (χ2v) is 6.04. The molecule has 1 aliphatic carbocycles. The maximum absolute atomic E-state index is 12.2. The van der Waals surface area contributed by atoms with Crippen LogP contribution in [0.2, 0.25) is 0 Å². The largest absolute Gasteiger partial charge is 0.494 e. The van der Waals surface area contributed by atoms with Gasteiger partial charge in [0.25, 0.3) is 0 Å². The van der Waals surface area contributed by atoms with Gasteiger partial charge in [0.15, 0.2) is 0 Å². The minimum Gasteiger partial charge on any atom is -0.494 e. The number of hydrogen-bond acceptors (Lipinski definition) is 3. The fraction of sp³-hybridized carbons (Fsp3) is 0.588. The van der Waals surface area contributed by atoms with Crippen LogP contribution in [0.4, 0.5) is 10.5 Å². The quantitative estimate of drug-likeness (QED) is 0.814. The summed E-state index contributed by atoms with van der Waals surface area (Å²) in [6.07, 6.45) is 2.68. The van der Waals surface area contributed by atoms with Crippen LogP contribution < -0.4 is 10.1 Å². The molecule has 5 heteroatoms. The molecule has 1 aromatic rings. The predicted molar refractivity (Wildman–Crippen MR) is 87.3 cm³/mol. The predicted octanol–water partition coefficient (Wildman–Crippen LogP) is 3.02. The Morgan fingerprint density at radius 1 is 1.50 bits per heavy atom. The summed E-state index contributed by atoms with van der Waals surface area (Å²) in [4.78, 5) is 13.7. The first-order valence-corrected chi connectivity index (χ1v) is 7.95. The van der Waals surface area contributed by atoms with Crippen LogP contribution in [0, 0.1) is 12.8 Å². The first kappa shape index (κ1) is 16.6. The highest BCUT2D eigenvalue weighted by molar-refractivity contribution is 5.90. The number of aryl methyl sites for hydroxylation is 1. The number of nitrogens with zero attached hydrogens (tertiary/aromatic N) is 1. The number of ether oxygens (including phenoxy) is 1. The third kappa shape index (κ3) is 4.63. The second kappa shape index (κ2) is 7.49. The zero-order valence-electron chi connectivity index (χ0n) is 13.6. The topological polar surface area (TPSA) is 61.8 Å². The lowest BCUT2D eigenvalue weighted by atomic mass is 10.2. The molecule has 1 unspecified atom stereocenters. The summed E-state index contributed by atoms with van der Waals surface area (Å²) in [5.41, 5.74) is 1.72. The molecular formula is C17H26N2O3. The average molecular weight is 306 g/mol. The van der Waals surface area contributed by atoms with Crippen LogP contribution in [-0.4, -0.2) is 42.3 Å². The zero-order valence-corrected chi connectivity index (χ0v) is 13.6. The minimum atomic E-state index is -0.415. The molecule has 122 valence electrons. The van der Waals surface area contributed by atoms with Crippen molar-refractivity contribution in [2.75, 3.05) is 25.5 Å². The monoisotopic (exact) mass is 306 g/mol. The van der Waals surface area contributed by atoms with Gasteiger partial charge in [-0.05, 0) is 55.9 Å². The maximum atomic E-state index is 12.2. The van der Waals surface area contributed by atoms with Crippen LogP contribution in [-0.2, 0) is 0 Å². The van der Waals surface area contributed by atoms with E-state index < -0.39 is 6.10 Å². The van der Waals surface area contributed by atoms with Crippen molar-refractivity contribution >= 4 is 11.7 Å². The Balaban J connectivity index is 1.89. The number of carbonyl (C=O) groups is 1. The number of rotatable bonds is 7. The molecule has 1 aromatic carbocycles. The number of carbonyl (C=O) groups excluding carboxylic acids is 1. The average Bonchev–Trinajstić information content (AvgIpc) is 3.32. The number of likely N-dealkylation sites (N-methyl/N-ethyl adjacent to an activating group) is 1. The SMILES string of the molecule is CCCOc1ccc(NC(=O)N(C)CC(O)C2CC2)c(C)c1. The van der Waals surface area contributed by atoms with Crippen molar-refractivity contribution in [3.63, 3.8) is 0 Å². The molecule has 5 nitrogen and oxygen atoms in total. The summed E-state index contributed by atoms with van der Waals surface area (Å²) in [5.74, 6) is 1.18. The highest BCUT2D eigenvalue weighted by Gasteiger charge is 2.31. The van der Waals surface area contributed by atoms with Crippen molar-refractivity contribution in [2.24, 2.45) is 5.92 Å². The molecule has 1 atom stereocenters. The van der Waals surface area contributed by atoms with E-state index in [9.17, 15) is 9.90 Å². The molecule has 1 fully saturated rings. The smallest absolute Gasteiger partial charge is 0.321 e. The van der Waals surface area contributed by atoms with Gasteiger partial charge in [-0.1, -0.05) is 6.92 Å². The van der Waals surface area contributed by atoms with Gasteiger partial charge in [0, 0.05) is 19.3 Å². The van der Waals surface area contributed by atoms with Crippen LogP contribution in [0.25, 0.3) is 0 Å². The number of nitrogens with one attached hydrogen (secondary N) is 1. The molecular weight excluding hydrogens is 280 g/mol. The molecule has 1 aliphatic rings. The second-order valence-electron chi connectivity index (χ2n) is 6.04. The number of benzene rings is 1. The highest BCUT2D eigenvalue weighted by Crippen LogP contribution is 2.32. The lowest BCUT2D eigenvalue weighted by Gasteiger charge is -2.22. The molecule has 2 rings (SSSR count). The molecule has 0 spiro atoms. The van der Waals surface area contributed by atoms with Gasteiger partial charge in [-0.3, -0.25) is 0 Å². The van der Waals surface area contributed by atoms with E-state index in [1.165, 1.54) is 4.90 Å². The number of hydrogen-bond donors (Lipinski definition) is 2. The van der Waals surface area contributed by atoms with E-state index in [4.69, 9.17) is 4.74 Å². The lowest BCUT2D eigenvalue weighted by Crippen LogP contribution is -2.38. The molecule has 0 bridgehead atoms. The number of aliphatic hydroxyl groups is 1. The summed E-state index contributed by atoms with van der Waals surface area (Å²) >= 11 is 0. The van der Waals surface area contributed by atoms with E-state index in [0.717, 1.165) is 36.3 Å². The van der Waals surface area contributed by atoms with E-state index in [1.807, 2.05) is 25.1 Å². The molecule has 2 N–H and O–H groups in total. The van der Waals surface area contributed by atoms with Gasteiger partial charge in [-0.25, -0.2) is 4.79 Å². The van der Waals surface area contributed by atoms with Gasteiger partial charge >= 0.3 is 6.03 Å². The molecule has 0 aromatic heterocycles. The van der Waals surface area contributed by atoms with Gasteiger partial charge in [0.2, 0.25) is 0 Å². The van der Waals surface area contributed by atoms with E-state index in [0.29, 0.717) is 19.1 Å². The fourth-order valence-electron chi connectivity index (χ4n) is 2.29. The summed E-state index contributed by atoms with van der Waals surface area (Å²) < 4.78 is 5.57. The van der Waals surface area contributed by atoms with Crippen molar-refractivity contribution in [3.05, 3.63) is 23.8 Å². The Hall–Kier alpha value is -1.75. The van der Waals surface area contributed by atoms with E-state index in [1.54, 1.807) is 7.05 Å². The van der Waals surface area contributed by atoms with Gasteiger partial charge in [-0.15, -0.1) is 0 Å². The number of amides is 2. The minimum absolute atomic E-state index is 0.204. The van der Waals surface area contributed by atoms with Crippen molar-refractivity contribution in [2.45, 2.75) is 39.2 Å². The highest BCUT2D eigenvalue weighted by atomic mass is 16.5. The first-order chi connectivity index (χ1) is 10.5. The fourth-order valence-corrected chi connectivity index (χ4v) is 2.29. The normalized spacial score (nSPS) is 15.3. The van der Waals surface area contributed by atoms with Gasteiger partial charge in [0.05, 0.1) is 12.7 Å². The number of aliphatic hydroxyl groups excluding tert-OH is 1. The Kier molecular flexibility index (Phi) is 5.66.